The number of nitrogens with one attached hydrogen (secondary N) is 1. The van der Waals surface area contributed by atoms with Crippen LogP contribution >= 0.6 is 0 Å². The molecule has 0 aliphatic heterocycles. The van der Waals surface area contributed by atoms with Crippen molar-refractivity contribution in [3.05, 3.63) is 28.3 Å². The number of aromatic nitrogens is 3. The monoisotopic (exact) mass is 290 g/mol. The van der Waals surface area contributed by atoms with Gasteiger partial charge in [-0.2, -0.15) is 5.10 Å². The third kappa shape index (κ3) is 2.70. The van der Waals surface area contributed by atoms with E-state index < -0.39 is 6.04 Å². The van der Waals surface area contributed by atoms with Gasteiger partial charge in [0.15, 0.2) is 0 Å². The highest BCUT2D eigenvalue weighted by atomic mass is 16.2. The number of fused-ring (bicyclic) bond motifs is 1. The van der Waals surface area contributed by atoms with Gasteiger partial charge in [-0.05, 0) is 33.3 Å². The summed E-state index contributed by atoms with van der Waals surface area (Å²) in [6, 6.07) is 1.39. The van der Waals surface area contributed by atoms with Gasteiger partial charge in [-0.15, -0.1) is 0 Å². The van der Waals surface area contributed by atoms with Crippen molar-refractivity contribution >= 4 is 16.8 Å². The highest BCUT2D eigenvalue weighted by molar-refractivity contribution is 5.83. The topological polar surface area (TPSA) is 68.9 Å². The van der Waals surface area contributed by atoms with E-state index in [2.05, 4.69) is 10.4 Å². The molecule has 2 heterocycles. The summed E-state index contributed by atoms with van der Waals surface area (Å²) < 4.78 is 3.03. The Morgan fingerprint density at radius 1 is 1.43 bits per heavy atom. The summed E-state index contributed by atoms with van der Waals surface area (Å²) in [4.78, 5) is 24.8. The standard InChI is InChI=1S/C15H22N4O2/c1-6-9(2)16-14(20)11(4)19-8-7-12-10(3)17-18(5)13(12)15(19)21/h7-9,11H,6H2,1-5H3,(H,16,20). The van der Waals surface area contributed by atoms with E-state index in [4.69, 9.17) is 0 Å². The van der Waals surface area contributed by atoms with Gasteiger partial charge in [0, 0.05) is 24.7 Å². The highest BCUT2D eigenvalue weighted by Crippen LogP contribution is 2.14. The first-order valence-electron chi connectivity index (χ1n) is 7.21. The van der Waals surface area contributed by atoms with Gasteiger partial charge < -0.3 is 9.88 Å². The van der Waals surface area contributed by atoms with Gasteiger partial charge in [-0.1, -0.05) is 6.92 Å². The lowest BCUT2D eigenvalue weighted by atomic mass is 10.2. The first kappa shape index (κ1) is 15.3. The van der Waals surface area contributed by atoms with E-state index in [1.54, 1.807) is 24.9 Å². The van der Waals surface area contributed by atoms with Gasteiger partial charge in [-0.25, -0.2) is 0 Å². The van der Waals surface area contributed by atoms with Crippen LogP contribution in [-0.4, -0.2) is 26.3 Å². The normalized spacial score (nSPS) is 14.1. The van der Waals surface area contributed by atoms with E-state index in [1.165, 1.54) is 4.57 Å². The van der Waals surface area contributed by atoms with Crippen molar-refractivity contribution < 1.29 is 4.79 Å². The maximum absolute atomic E-state index is 12.6. The molecule has 6 nitrogen and oxygen atoms in total. The molecule has 2 aromatic heterocycles. The minimum Gasteiger partial charge on any atom is -0.352 e. The lowest BCUT2D eigenvalue weighted by Gasteiger charge is -2.18. The van der Waals surface area contributed by atoms with Crippen LogP contribution < -0.4 is 10.9 Å². The average molecular weight is 290 g/mol. The largest absolute Gasteiger partial charge is 0.352 e. The molecule has 0 radical (unpaired) electrons. The van der Waals surface area contributed by atoms with E-state index in [0.29, 0.717) is 5.52 Å². The molecule has 0 bridgehead atoms. The van der Waals surface area contributed by atoms with Gasteiger partial charge in [0.25, 0.3) is 5.56 Å². The molecule has 0 aliphatic rings. The zero-order valence-corrected chi connectivity index (χ0v) is 13.2. The number of carbonyl (C=O) groups is 1. The van der Waals surface area contributed by atoms with Gasteiger partial charge in [0.05, 0.1) is 5.69 Å². The molecular weight excluding hydrogens is 268 g/mol. The van der Waals surface area contributed by atoms with Crippen LogP contribution in [-0.2, 0) is 11.8 Å². The Bertz CT molecular complexity index is 729. The van der Waals surface area contributed by atoms with Crippen LogP contribution in [0.4, 0.5) is 0 Å². The van der Waals surface area contributed by atoms with Crippen molar-refractivity contribution in [2.24, 2.45) is 7.05 Å². The molecule has 1 N–H and O–H groups in total. The first-order valence-corrected chi connectivity index (χ1v) is 7.21. The summed E-state index contributed by atoms with van der Waals surface area (Å²) in [5.74, 6) is -0.148. The number of amides is 1. The van der Waals surface area contributed by atoms with Crippen molar-refractivity contribution in [3.8, 4) is 0 Å². The number of aryl methyl sites for hydroxylation is 2. The molecule has 0 saturated heterocycles. The van der Waals surface area contributed by atoms with Crippen molar-refractivity contribution in [1.82, 2.24) is 19.7 Å². The Morgan fingerprint density at radius 3 is 2.71 bits per heavy atom. The number of hydrogen-bond acceptors (Lipinski definition) is 3. The Hall–Kier alpha value is -2.11. The molecule has 114 valence electrons. The molecule has 0 fully saturated rings. The van der Waals surface area contributed by atoms with E-state index in [1.807, 2.05) is 26.8 Å². The Balaban J connectivity index is 2.43. The van der Waals surface area contributed by atoms with E-state index in [0.717, 1.165) is 17.5 Å². The van der Waals surface area contributed by atoms with Gasteiger partial charge >= 0.3 is 0 Å². The van der Waals surface area contributed by atoms with Crippen LogP contribution in [0.3, 0.4) is 0 Å². The smallest absolute Gasteiger partial charge is 0.277 e. The predicted octanol–water partition coefficient (Wildman–Crippen LogP) is 1.52. The Labute approximate surface area is 123 Å². The summed E-state index contributed by atoms with van der Waals surface area (Å²) >= 11 is 0. The molecule has 2 rings (SSSR count). The molecule has 2 unspecified atom stereocenters. The third-order valence-electron chi connectivity index (χ3n) is 3.91. The van der Waals surface area contributed by atoms with E-state index in [-0.39, 0.29) is 17.5 Å². The first-order chi connectivity index (χ1) is 9.86. The molecule has 2 atom stereocenters. The van der Waals surface area contributed by atoms with Gasteiger partial charge in [0.1, 0.15) is 11.6 Å². The minimum atomic E-state index is -0.550. The summed E-state index contributed by atoms with van der Waals surface area (Å²) in [6.07, 6.45) is 2.52. The van der Waals surface area contributed by atoms with Crippen molar-refractivity contribution in [3.63, 3.8) is 0 Å². The molecule has 6 heteroatoms. The number of pyridine rings is 1. The van der Waals surface area contributed by atoms with E-state index >= 15 is 0 Å². The molecule has 0 aromatic carbocycles. The fourth-order valence-corrected chi connectivity index (χ4v) is 2.37. The number of hydrogen-bond donors (Lipinski definition) is 1. The zero-order chi connectivity index (χ0) is 15.7. The fraction of sp³-hybridized carbons (Fsp3) is 0.533. The van der Waals surface area contributed by atoms with Crippen LogP contribution in [0.25, 0.3) is 10.9 Å². The maximum Gasteiger partial charge on any atom is 0.277 e. The third-order valence-corrected chi connectivity index (χ3v) is 3.91. The fourth-order valence-electron chi connectivity index (χ4n) is 2.37. The summed E-state index contributed by atoms with van der Waals surface area (Å²) in [5.41, 5.74) is 1.15. The molecule has 0 aliphatic carbocycles. The number of rotatable bonds is 4. The molecule has 0 saturated carbocycles. The quantitative estimate of drug-likeness (QED) is 0.928. The lowest BCUT2D eigenvalue weighted by Crippen LogP contribution is -2.39. The second-order valence-electron chi connectivity index (χ2n) is 5.49. The molecule has 0 spiro atoms. The van der Waals surface area contributed by atoms with Crippen LogP contribution in [0.2, 0.25) is 0 Å². The second kappa shape index (κ2) is 5.71. The van der Waals surface area contributed by atoms with Gasteiger partial charge in [-0.3, -0.25) is 14.3 Å². The second-order valence-corrected chi connectivity index (χ2v) is 5.49. The summed E-state index contributed by atoms with van der Waals surface area (Å²) in [7, 11) is 1.74. The summed E-state index contributed by atoms with van der Waals surface area (Å²) in [5, 5.41) is 7.99. The zero-order valence-electron chi connectivity index (χ0n) is 13.2. The maximum atomic E-state index is 12.6. The SMILES string of the molecule is CCC(C)NC(=O)C(C)n1ccc2c(C)nn(C)c2c1=O. The Kier molecular flexibility index (Phi) is 4.16. The number of carbonyl (C=O) groups excluding carboxylic acids is 1. The van der Waals surface area contributed by atoms with Gasteiger partial charge in [0.2, 0.25) is 5.91 Å². The van der Waals surface area contributed by atoms with Crippen molar-refractivity contribution in [1.29, 1.82) is 0 Å². The average Bonchev–Trinajstić information content (AvgIpc) is 2.74. The highest BCUT2D eigenvalue weighted by Gasteiger charge is 2.20. The molecule has 2 aromatic rings. The minimum absolute atomic E-state index is 0.0957. The predicted molar refractivity (Wildman–Crippen MR) is 82.3 cm³/mol. The van der Waals surface area contributed by atoms with E-state index in [9.17, 15) is 9.59 Å². The van der Waals surface area contributed by atoms with Crippen LogP contribution in [0.15, 0.2) is 17.1 Å². The Morgan fingerprint density at radius 2 is 2.10 bits per heavy atom. The van der Waals surface area contributed by atoms with Crippen LogP contribution in [0.5, 0.6) is 0 Å². The molecule has 21 heavy (non-hydrogen) atoms. The lowest BCUT2D eigenvalue weighted by molar-refractivity contribution is -0.124. The van der Waals surface area contributed by atoms with Crippen LogP contribution in [0, 0.1) is 6.92 Å². The van der Waals surface area contributed by atoms with Crippen molar-refractivity contribution in [2.75, 3.05) is 0 Å². The number of nitrogens with zero attached hydrogens (tertiary/aromatic N) is 3. The molecule has 1 amide bonds. The summed E-state index contributed by atoms with van der Waals surface area (Å²) in [6.45, 7) is 7.55. The van der Waals surface area contributed by atoms with Crippen molar-refractivity contribution in [2.45, 2.75) is 46.2 Å². The van der Waals surface area contributed by atoms with Crippen LogP contribution in [0.1, 0.15) is 38.9 Å². The molecular formula is C15H22N4O2.